The van der Waals surface area contributed by atoms with Crippen LogP contribution in [-0.4, -0.2) is 49.6 Å². The summed E-state index contributed by atoms with van der Waals surface area (Å²) in [5.74, 6) is 0. The molecule has 0 rings (SSSR count). The van der Waals surface area contributed by atoms with Crippen molar-refractivity contribution in [2.75, 3.05) is 33.7 Å². The van der Waals surface area contributed by atoms with E-state index in [2.05, 4.69) is 44.7 Å². The molecular weight excluding hydrogens is 208 g/mol. The van der Waals surface area contributed by atoms with Crippen LogP contribution in [0.15, 0.2) is 0 Å². The van der Waals surface area contributed by atoms with Gasteiger partial charge in [-0.1, -0.05) is 48.5 Å². The summed E-state index contributed by atoms with van der Waals surface area (Å²) in [5.41, 5.74) is 0. The zero-order valence-electron chi connectivity index (χ0n) is 14.0. The predicted molar refractivity (Wildman–Crippen MR) is 82.9 cm³/mol. The average molecular weight is 246 g/mol. The van der Waals surface area contributed by atoms with E-state index in [0.717, 1.165) is 6.04 Å². The van der Waals surface area contributed by atoms with E-state index in [1.807, 2.05) is 27.7 Å². The standard InChI is InChI=1S/C11H26N2.2C2H6/c1-6-9-13(8-3)11(7-2)10-12(4)5;2*1-2/h11H,6-10H2,1-5H3;2*1-2H3. The molecule has 1 atom stereocenters. The van der Waals surface area contributed by atoms with Gasteiger partial charge in [-0.25, -0.2) is 0 Å². The molecule has 0 amide bonds. The van der Waals surface area contributed by atoms with Crippen LogP contribution in [0.4, 0.5) is 0 Å². The van der Waals surface area contributed by atoms with Gasteiger partial charge >= 0.3 is 0 Å². The predicted octanol–water partition coefficient (Wildman–Crippen LogP) is 4.11. The van der Waals surface area contributed by atoms with Crippen molar-refractivity contribution in [2.45, 2.75) is 67.3 Å². The van der Waals surface area contributed by atoms with E-state index in [-0.39, 0.29) is 0 Å². The van der Waals surface area contributed by atoms with Crippen molar-refractivity contribution >= 4 is 0 Å². The zero-order chi connectivity index (χ0) is 14.3. The van der Waals surface area contributed by atoms with Crippen LogP contribution in [0, 0.1) is 0 Å². The number of rotatable bonds is 7. The summed E-state index contributed by atoms with van der Waals surface area (Å²) >= 11 is 0. The summed E-state index contributed by atoms with van der Waals surface area (Å²) in [4.78, 5) is 4.87. The summed E-state index contributed by atoms with van der Waals surface area (Å²) in [6.45, 7) is 18.4. The van der Waals surface area contributed by atoms with Gasteiger partial charge in [0.05, 0.1) is 0 Å². The van der Waals surface area contributed by atoms with Crippen LogP contribution in [0.25, 0.3) is 0 Å². The first-order valence-corrected chi connectivity index (χ1v) is 7.54. The van der Waals surface area contributed by atoms with Crippen LogP contribution < -0.4 is 0 Å². The summed E-state index contributed by atoms with van der Waals surface area (Å²) in [5, 5.41) is 0. The maximum atomic E-state index is 2.58. The Hall–Kier alpha value is -0.0800. The quantitative estimate of drug-likeness (QED) is 0.667. The molecule has 2 heteroatoms. The molecule has 0 aliphatic heterocycles. The first-order chi connectivity index (χ1) is 8.15. The normalized spacial score (nSPS) is 11.5. The molecule has 0 saturated heterocycles. The van der Waals surface area contributed by atoms with Gasteiger partial charge in [-0.3, -0.25) is 4.90 Å². The highest BCUT2D eigenvalue weighted by Crippen LogP contribution is 2.05. The maximum Gasteiger partial charge on any atom is 0.0220 e. The molecule has 108 valence electrons. The second kappa shape index (κ2) is 18.3. The lowest BCUT2D eigenvalue weighted by Gasteiger charge is -2.31. The van der Waals surface area contributed by atoms with Gasteiger partial charge in [-0.2, -0.15) is 0 Å². The van der Waals surface area contributed by atoms with Gasteiger partial charge < -0.3 is 4.90 Å². The minimum atomic E-state index is 0.736. The highest BCUT2D eigenvalue weighted by molar-refractivity contribution is 4.71. The fourth-order valence-electron chi connectivity index (χ4n) is 1.81. The van der Waals surface area contributed by atoms with Crippen LogP contribution in [0.5, 0.6) is 0 Å². The fourth-order valence-corrected chi connectivity index (χ4v) is 1.81. The minimum absolute atomic E-state index is 0.736. The average Bonchev–Trinajstić information content (AvgIpc) is 2.38. The summed E-state index contributed by atoms with van der Waals surface area (Å²) in [7, 11) is 4.31. The lowest BCUT2D eigenvalue weighted by molar-refractivity contribution is 0.164. The van der Waals surface area contributed by atoms with Gasteiger partial charge in [0, 0.05) is 12.6 Å². The van der Waals surface area contributed by atoms with E-state index in [0.29, 0.717) is 0 Å². The Kier molecular flexibility index (Phi) is 23.8. The topological polar surface area (TPSA) is 6.48 Å². The van der Waals surface area contributed by atoms with E-state index >= 15 is 0 Å². The van der Waals surface area contributed by atoms with E-state index in [4.69, 9.17) is 0 Å². The smallest absolute Gasteiger partial charge is 0.0220 e. The lowest BCUT2D eigenvalue weighted by Crippen LogP contribution is -2.41. The Balaban J connectivity index is -0.000000439. The van der Waals surface area contributed by atoms with E-state index < -0.39 is 0 Å². The van der Waals surface area contributed by atoms with Gasteiger partial charge in [-0.15, -0.1) is 0 Å². The minimum Gasteiger partial charge on any atom is -0.308 e. The van der Waals surface area contributed by atoms with Crippen molar-refractivity contribution in [3.05, 3.63) is 0 Å². The van der Waals surface area contributed by atoms with Gasteiger partial charge in [0.25, 0.3) is 0 Å². The van der Waals surface area contributed by atoms with Crippen molar-refractivity contribution in [3.8, 4) is 0 Å². The van der Waals surface area contributed by atoms with Crippen LogP contribution in [0.3, 0.4) is 0 Å². The van der Waals surface area contributed by atoms with E-state index in [1.165, 1.54) is 32.5 Å². The lowest BCUT2D eigenvalue weighted by atomic mass is 10.1. The Bertz CT molecular complexity index is 113. The van der Waals surface area contributed by atoms with Crippen LogP contribution >= 0.6 is 0 Å². The molecule has 0 aliphatic carbocycles. The fraction of sp³-hybridized carbons (Fsp3) is 1.00. The van der Waals surface area contributed by atoms with E-state index in [9.17, 15) is 0 Å². The second-order valence-corrected chi connectivity index (χ2v) is 3.95. The monoisotopic (exact) mass is 246 g/mol. The van der Waals surface area contributed by atoms with Crippen LogP contribution in [0.1, 0.15) is 61.3 Å². The SMILES string of the molecule is CC.CC.CCCN(CC)C(CC)CN(C)C. The third kappa shape index (κ3) is 13.9. The molecule has 0 aromatic heterocycles. The maximum absolute atomic E-state index is 2.58. The molecule has 0 bridgehead atoms. The number of hydrogen-bond donors (Lipinski definition) is 0. The third-order valence-corrected chi connectivity index (χ3v) is 2.48. The number of nitrogens with zero attached hydrogens (tertiary/aromatic N) is 2. The first kappa shape index (κ1) is 22.1. The van der Waals surface area contributed by atoms with Crippen molar-refractivity contribution in [1.29, 1.82) is 0 Å². The van der Waals surface area contributed by atoms with Crippen molar-refractivity contribution in [1.82, 2.24) is 9.80 Å². The highest BCUT2D eigenvalue weighted by Gasteiger charge is 2.14. The van der Waals surface area contributed by atoms with E-state index in [1.54, 1.807) is 0 Å². The van der Waals surface area contributed by atoms with Crippen molar-refractivity contribution in [3.63, 3.8) is 0 Å². The second-order valence-electron chi connectivity index (χ2n) is 3.95. The molecule has 1 unspecified atom stereocenters. The molecule has 2 nitrogen and oxygen atoms in total. The van der Waals surface area contributed by atoms with Gasteiger partial charge in [0.1, 0.15) is 0 Å². The van der Waals surface area contributed by atoms with Crippen LogP contribution in [-0.2, 0) is 0 Å². The molecule has 0 aromatic rings. The van der Waals surface area contributed by atoms with Crippen molar-refractivity contribution < 1.29 is 0 Å². The summed E-state index contributed by atoms with van der Waals surface area (Å²) in [6.07, 6.45) is 2.52. The van der Waals surface area contributed by atoms with Gasteiger partial charge in [0.2, 0.25) is 0 Å². The molecular formula is C15H38N2. The number of hydrogen-bond acceptors (Lipinski definition) is 2. The molecule has 0 saturated carbocycles. The first-order valence-electron chi connectivity index (χ1n) is 7.54. The molecule has 0 aromatic carbocycles. The Morgan fingerprint density at radius 2 is 1.35 bits per heavy atom. The number of likely N-dealkylation sites (N-methyl/N-ethyl adjacent to an activating group) is 2. The Morgan fingerprint density at radius 3 is 1.59 bits per heavy atom. The molecule has 0 heterocycles. The highest BCUT2D eigenvalue weighted by atomic mass is 15.2. The van der Waals surface area contributed by atoms with Gasteiger partial charge in [0.15, 0.2) is 0 Å². The van der Waals surface area contributed by atoms with Crippen molar-refractivity contribution in [2.24, 2.45) is 0 Å². The molecule has 0 aliphatic rings. The molecule has 0 N–H and O–H groups in total. The molecule has 0 radical (unpaired) electrons. The van der Waals surface area contributed by atoms with Crippen LogP contribution in [0.2, 0.25) is 0 Å². The Morgan fingerprint density at radius 1 is 0.882 bits per heavy atom. The summed E-state index contributed by atoms with van der Waals surface area (Å²) in [6, 6.07) is 0.736. The largest absolute Gasteiger partial charge is 0.308 e. The molecule has 17 heavy (non-hydrogen) atoms. The molecule has 0 spiro atoms. The zero-order valence-corrected chi connectivity index (χ0v) is 14.0. The molecule has 0 fully saturated rings. The summed E-state index contributed by atoms with van der Waals surface area (Å²) < 4.78 is 0. The Labute approximate surface area is 111 Å². The van der Waals surface area contributed by atoms with Gasteiger partial charge in [-0.05, 0) is 40.0 Å². The third-order valence-electron chi connectivity index (χ3n) is 2.48.